The fraction of sp³-hybridized carbons (Fsp3) is 0.188. The van der Waals surface area contributed by atoms with Crippen molar-refractivity contribution < 1.29 is 4.42 Å². The maximum absolute atomic E-state index is 6.20. The molecule has 0 fully saturated rings. The highest BCUT2D eigenvalue weighted by Crippen LogP contribution is 2.32. The van der Waals surface area contributed by atoms with Gasteiger partial charge in [-0.1, -0.05) is 11.6 Å². The average Bonchev–Trinajstić information content (AvgIpc) is 2.87. The third kappa shape index (κ3) is 2.42. The Hall–Kier alpha value is -1.84. The zero-order valence-electron chi connectivity index (χ0n) is 11.1. The van der Waals surface area contributed by atoms with E-state index in [9.17, 15) is 0 Å². The number of rotatable bonds is 3. The summed E-state index contributed by atoms with van der Waals surface area (Å²) in [4.78, 5) is 4.42. The molecule has 2 heterocycles. The first-order valence-electron chi connectivity index (χ1n) is 6.53. The zero-order chi connectivity index (χ0) is 14.1. The zero-order valence-corrected chi connectivity index (χ0v) is 11.9. The van der Waals surface area contributed by atoms with Gasteiger partial charge in [-0.2, -0.15) is 0 Å². The van der Waals surface area contributed by atoms with E-state index in [1.54, 1.807) is 6.20 Å². The lowest BCUT2D eigenvalue weighted by atomic mass is 10.1. The van der Waals surface area contributed by atoms with Crippen LogP contribution in [0.1, 0.15) is 12.7 Å². The van der Waals surface area contributed by atoms with Gasteiger partial charge in [0.1, 0.15) is 11.5 Å². The molecular weight excluding hydrogens is 272 g/mol. The number of hydrogen-bond acceptors (Lipinski definition) is 3. The number of furan rings is 1. The molecule has 0 aliphatic heterocycles. The molecule has 20 heavy (non-hydrogen) atoms. The first-order chi connectivity index (χ1) is 9.65. The molecule has 0 aliphatic carbocycles. The maximum Gasteiger partial charge on any atom is 0.136 e. The summed E-state index contributed by atoms with van der Waals surface area (Å²) in [7, 11) is 0. The Bertz CT molecular complexity index is 749. The number of hydrogen-bond donors (Lipinski definition) is 1. The van der Waals surface area contributed by atoms with Gasteiger partial charge in [0.25, 0.3) is 0 Å². The van der Waals surface area contributed by atoms with E-state index in [1.807, 2.05) is 43.3 Å². The van der Waals surface area contributed by atoms with Crippen molar-refractivity contribution >= 4 is 22.5 Å². The van der Waals surface area contributed by atoms with Crippen LogP contribution in [0, 0.1) is 0 Å². The van der Waals surface area contributed by atoms with Crippen LogP contribution in [0.4, 0.5) is 0 Å². The number of nitrogens with two attached hydrogens (primary N) is 1. The molecule has 2 aromatic heterocycles. The molecule has 2 N–H and O–H groups in total. The van der Waals surface area contributed by atoms with Gasteiger partial charge in [-0.25, -0.2) is 0 Å². The molecule has 0 saturated heterocycles. The summed E-state index contributed by atoms with van der Waals surface area (Å²) in [5, 5.41) is 1.62. The summed E-state index contributed by atoms with van der Waals surface area (Å²) in [6.07, 6.45) is 2.48. The van der Waals surface area contributed by atoms with E-state index < -0.39 is 0 Å². The summed E-state index contributed by atoms with van der Waals surface area (Å²) >= 11 is 6.20. The van der Waals surface area contributed by atoms with Crippen LogP contribution in [0.3, 0.4) is 0 Å². The summed E-state index contributed by atoms with van der Waals surface area (Å²) in [6, 6.07) is 11.6. The molecule has 102 valence electrons. The molecule has 0 bridgehead atoms. The quantitative estimate of drug-likeness (QED) is 0.790. The third-order valence-corrected chi connectivity index (χ3v) is 3.50. The Kier molecular flexibility index (Phi) is 3.47. The predicted octanol–water partition coefficient (Wildman–Crippen LogP) is 4.04. The minimum absolute atomic E-state index is 0.0779. The van der Waals surface area contributed by atoms with Gasteiger partial charge in [0.05, 0.1) is 10.5 Å². The van der Waals surface area contributed by atoms with Crippen LogP contribution in [-0.4, -0.2) is 11.0 Å². The summed E-state index contributed by atoms with van der Waals surface area (Å²) < 4.78 is 5.87. The van der Waals surface area contributed by atoms with Crippen molar-refractivity contribution in [2.45, 2.75) is 19.4 Å². The Labute approximate surface area is 122 Å². The normalized spacial score (nSPS) is 12.8. The van der Waals surface area contributed by atoms with Gasteiger partial charge in [-0.3, -0.25) is 4.98 Å². The molecule has 0 aliphatic rings. The predicted molar refractivity (Wildman–Crippen MR) is 81.8 cm³/mol. The summed E-state index contributed by atoms with van der Waals surface area (Å²) in [5.41, 5.74) is 7.59. The van der Waals surface area contributed by atoms with E-state index in [1.165, 1.54) is 0 Å². The van der Waals surface area contributed by atoms with Crippen molar-refractivity contribution in [2.75, 3.05) is 0 Å². The Morgan fingerprint density at radius 2 is 2.10 bits per heavy atom. The van der Waals surface area contributed by atoms with Crippen molar-refractivity contribution in [3.63, 3.8) is 0 Å². The number of benzene rings is 1. The number of fused-ring (bicyclic) bond motifs is 1. The first kappa shape index (κ1) is 13.2. The standard InChI is InChI=1S/C16H15ClN2O/c1-10(18)9-11-4-7-15(20-11)13-5-6-14(17)12-3-2-8-19-16(12)13/h2-8,10H,9,18H2,1H3. The molecule has 3 rings (SSSR count). The highest BCUT2D eigenvalue weighted by atomic mass is 35.5. The first-order valence-corrected chi connectivity index (χ1v) is 6.91. The van der Waals surface area contributed by atoms with Gasteiger partial charge >= 0.3 is 0 Å². The lowest BCUT2D eigenvalue weighted by molar-refractivity contribution is 0.503. The van der Waals surface area contributed by atoms with Crippen molar-refractivity contribution in [1.82, 2.24) is 4.98 Å². The SMILES string of the molecule is CC(N)Cc1ccc(-c2ccc(Cl)c3cccnc23)o1. The Morgan fingerprint density at radius 3 is 2.90 bits per heavy atom. The molecule has 1 atom stereocenters. The number of aromatic nitrogens is 1. The van der Waals surface area contributed by atoms with Gasteiger partial charge in [0.15, 0.2) is 0 Å². The summed E-state index contributed by atoms with van der Waals surface area (Å²) in [5.74, 6) is 1.68. The van der Waals surface area contributed by atoms with Crippen LogP contribution in [0.15, 0.2) is 47.0 Å². The molecule has 1 unspecified atom stereocenters. The fourth-order valence-corrected chi connectivity index (χ4v) is 2.50. The molecule has 0 saturated carbocycles. The van der Waals surface area contributed by atoms with Crippen LogP contribution in [-0.2, 0) is 6.42 Å². The van der Waals surface area contributed by atoms with Crippen molar-refractivity contribution in [1.29, 1.82) is 0 Å². The molecule has 1 aromatic carbocycles. The number of pyridine rings is 1. The van der Waals surface area contributed by atoms with E-state index >= 15 is 0 Å². The molecular formula is C16H15ClN2O. The topological polar surface area (TPSA) is 52.0 Å². The lowest BCUT2D eigenvalue weighted by Gasteiger charge is -2.05. The van der Waals surface area contributed by atoms with Crippen molar-refractivity contribution in [2.24, 2.45) is 5.73 Å². The van der Waals surface area contributed by atoms with Crippen LogP contribution in [0.5, 0.6) is 0 Å². The van der Waals surface area contributed by atoms with E-state index in [2.05, 4.69) is 4.98 Å². The largest absolute Gasteiger partial charge is 0.461 e. The Balaban J connectivity index is 2.10. The highest BCUT2D eigenvalue weighted by Gasteiger charge is 2.12. The fourth-order valence-electron chi connectivity index (χ4n) is 2.29. The van der Waals surface area contributed by atoms with E-state index in [4.69, 9.17) is 21.8 Å². The van der Waals surface area contributed by atoms with Gasteiger partial charge in [0.2, 0.25) is 0 Å². The molecule has 0 radical (unpaired) electrons. The molecule has 3 aromatic rings. The monoisotopic (exact) mass is 286 g/mol. The highest BCUT2D eigenvalue weighted by molar-refractivity contribution is 6.35. The van der Waals surface area contributed by atoms with Crippen molar-refractivity contribution in [3.05, 3.63) is 53.4 Å². The minimum atomic E-state index is 0.0779. The maximum atomic E-state index is 6.20. The van der Waals surface area contributed by atoms with Crippen LogP contribution < -0.4 is 5.73 Å². The van der Waals surface area contributed by atoms with E-state index in [-0.39, 0.29) is 6.04 Å². The molecule has 0 spiro atoms. The second-order valence-corrected chi connectivity index (χ2v) is 5.35. The molecule has 3 nitrogen and oxygen atoms in total. The molecule has 4 heteroatoms. The second kappa shape index (κ2) is 5.27. The van der Waals surface area contributed by atoms with Crippen molar-refractivity contribution in [3.8, 4) is 11.3 Å². The lowest BCUT2D eigenvalue weighted by Crippen LogP contribution is -2.17. The number of halogens is 1. The third-order valence-electron chi connectivity index (χ3n) is 3.17. The Morgan fingerprint density at radius 1 is 1.25 bits per heavy atom. The van der Waals surface area contributed by atoms with E-state index in [0.29, 0.717) is 5.02 Å². The summed E-state index contributed by atoms with van der Waals surface area (Å²) in [6.45, 7) is 1.96. The average molecular weight is 287 g/mol. The van der Waals surface area contributed by atoms with Crippen LogP contribution >= 0.6 is 11.6 Å². The smallest absolute Gasteiger partial charge is 0.136 e. The second-order valence-electron chi connectivity index (χ2n) is 4.94. The van der Waals surface area contributed by atoms with Crippen LogP contribution in [0.25, 0.3) is 22.2 Å². The van der Waals surface area contributed by atoms with Gasteiger partial charge in [0, 0.05) is 29.6 Å². The molecule has 0 amide bonds. The van der Waals surface area contributed by atoms with Crippen LogP contribution in [0.2, 0.25) is 5.02 Å². The van der Waals surface area contributed by atoms with E-state index in [0.717, 1.165) is 34.4 Å². The van der Waals surface area contributed by atoms with Gasteiger partial charge in [-0.05, 0) is 43.3 Å². The van der Waals surface area contributed by atoms with Gasteiger partial charge < -0.3 is 10.2 Å². The minimum Gasteiger partial charge on any atom is -0.461 e. The van der Waals surface area contributed by atoms with Gasteiger partial charge in [-0.15, -0.1) is 0 Å². The number of nitrogens with zero attached hydrogens (tertiary/aromatic N) is 1.